The van der Waals surface area contributed by atoms with E-state index in [1.807, 2.05) is 50.2 Å². The predicted molar refractivity (Wildman–Crippen MR) is 234 cm³/mol. The summed E-state index contributed by atoms with van der Waals surface area (Å²) in [5.41, 5.74) is 13.1. The van der Waals surface area contributed by atoms with Gasteiger partial charge in [0.2, 0.25) is 0 Å². The summed E-state index contributed by atoms with van der Waals surface area (Å²) in [6.07, 6.45) is 0. The first-order chi connectivity index (χ1) is 28.5. The fraction of sp³-hybridized carbons (Fsp3) is 0.227. The van der Waals surface area contributed by atoms with Crippen molar-refractivity contribution in [3.63, 3.8) is 0 Å². The molecule has 0 radical (unpaired) electrons. The molecular weight excluding hydrogens is 850 g/mol. The molecular formula is C44H40Cl3KN8O4. The van der Waals surface area contributed by atoms with Crippen molar-refractivity contribution >= 4 is 85.5 Å². The fourth-order valence-corrected chi connectivity index (χ4v) is 7.64. The van der Waals surface area contributed by atoms with Gasteiger partial charge in [-0.15, -0.1) is 0 Å². The molecule has 0 saturated carbocycles. The molecule has 0 atom stereocenters. The monoisotopic (exact) mass is 888 g/mol. The number of rotatable bonds is 8. The van der Waals surface area contributed by atoms with Gasteiger partial charge in [0.05, 0.1) is 94.8 Å². The summed E-state index contributed by atoms with van der Waals surface area (Å²) in [4.78, 5) is 44.7. The van der Waals surface area contributed by atoms with Crippen molar-refractivity contribution in [2.75, 3.05) is 32.6 Å². The number of halogens is 3. The van der Waals surface area contributed by atoms with E-state index in [1.54, 1.807) is 60.4 Å². The van der Waals surface area contributed by atoms with Gasteiger partial charge in [-0.3, -0.25) is 19.6 Å². The van der Waals surface area contributed by atoms with Gasteiger partial charge in [0.15, 0.2) is 11.4 Å². The van der Waals surface area contributed by atoms with E-state index < -0.39 is 0 Å². The molecule has 2 aromatic heterocycles. The summed E-state index contributed by atoms with van der Waals surface area (Å²) >= 11 is 18.4. The van der Waals surface area contributed by atoms with Crippen molar-refractivity contribution in [2.24, 2.45) is 5.73 Å². The number of hydrogen-bond acceptors (Lipinski definition) is 8. The molecule has 0 fully saturated rings. The second-order valence-corrected chi connectivity index (χ2v) is 14.5. The van der Waals surface area contributed by atoms with Crippen LogP contribution in [0, 0.1) is 13.1 Å². The third-order valence-electron chi connectivity index (χ3n) is 9.87. The minimum atomic E-state index is -0.0786. The van der Waals surface area contributed by atoms with Crippen LogP contribution in [0.1, 0.15) is 58.5 Å². The molecule has 6 aromatic rings. The van der Waals surface area contributed by atoms with Gasteiger partial charge in [-0.2, -0.15) is 0 Å². The van der Waals surface area contributed by atoms with E-state index in [1.165, 1.54) is 0 Å². The van der Waals surface area contributed by atoms with Crippen LogP contribution in [-0.2, 0) is 26.2 Å². The van der Waals surface area contributed by atoms with Gasteiger partial charge >= 0.3 is 51.4 Å². The third kappa shape index (κ3) is 9.82. The number of fused-ring (bicyclic) bond motifs is 4. The number of anilines is 1. The molecule has 0 aliphatic carbocycles. The largest absolute Gasteiger partial charge is 1.00 e. The molecule has 4 heterocycles. The van der Waals surface area contributed by atoms with Crippen molar-refractivity contribution in [3.05, 3.63) is 144 Å². The molecule has 0 spiro atoms. The number of carbonyl (C=O) groups is 2. The first-order valence-electron chi connectivity index (χ1n) is 18.5. The summed E-state index contributed by atoms with van der Waals surface area (Å²) in [5, 5.41) is 6.38. The predicted octanol–water partition coefficient (Wildman–Crippen LogP) is 7.37. The van der Waals surface area contributed by atoms with Crippen molar-refractivity contribution in [1.82, 2.24) is 19.8 Å². The summed E-state index contributed by atoms with van der Waals surface area (Å²) in [5.74, 6) is 1.18. The zero-order valence-corrected chi connectivity index (χ0v) is 39.1. The Hall–Kier alpha value is -4.51. The van der Waals surface area contributed by atoms with Crippen LogP contribution in [0.3, 0.4) is 0 Å². The first kappa shape index (κ1) is 46.6. The molecule has 16 heteroatoms. The Labute approximate surface area is 407 Å². The minimum absolute atomic E-state index is 0. The Bertz CT molecular complexity index is 2710. The number of aromatic nitrogens is 2. The second-order valence-electron chi connectivity index (χ2n) is 13.3. The Kier molecular flexibility index (Phi) is 16.2. The van der Waals surface area contributed by atoms with Gasteiger partial charge in [0.1, 0.15) is 11.5 Å². The number of ether oxygens (including phenoxy) is 2. The number of pyridine rings is 2. The molecule has 2 aliphatic rings. The second kappa shape index (κ2) is 20.8. The van der Waals surface area contributed by atoms with Crippen LogP contribution in [0.4, 0.5) is 17.1 Å². The maximum atomic E-state index is 12.9. The molecule has 2 amide bonds. The van der Waals surface area contributed by atoms with Crippen LogP contribution in [0.25, 0.3) is 31.5 Å². The normalized spacial score (nSPS) is 12.3. The van der Waals surface area contributed by atoms with E-state index >= 15 is 0 Å². The van der Waals surface area contributed by atoms with Crippen LogP contribution < -0.4 is 71.9 Å². The van der Waals surface area contributed by atoms with E-state index in [2.05, 4.69) is 25.0 Å². The number of carbonyl (C=O) groups excluding carboxylic acids is 2. The van der Waals surface area contributed by atoms with Crippen LogP contribution in [0.2, 0.25) is 15.1 Å². The van der Waals surface area contributed by atoms with Gasteiger partial charge in [0.25, 0.3) is 11.8 Å². The number of amides is 2. The summed E-state index contributed by atoms with van der Waals surface area (Å²) < 4.78 is 10.2. The van der Waals surface area contributed by atoms with E-state index in [-0.39, 0.29) is 64.6 Å². The molecule has 0 unspecified atom stereocenters. The van der Waals surface area contributed by atoms with Crippen LogP contribution >= 0.6 is 34.8 Å². The van der Waals surface area contributed by atoms with Crippen molar-refractivity contribution in [3.8, 4) is 11.5 Å². The Balaban J connectivity index is 0.000000220. The standard InChI is InChI=1S/C22H19ClN4O2.C14H10ClN3O.C8H10ClNO.K.H/c1-4-27-12-18-20(22(27)28)21(15-10-14(24-2)6-7-17(15)26-18)25-11-13-5-8-19(29-3)16(23)9-13;1-3-18-7-11-12(14(18)19)13(15)9-6-8(16-2)4-5-10(9)17-11;1-11-8-3-2-6(5-10)4-7(8)9;;/h5-10H,4,11-12H2,1,3H3,(H,25,26);4-6H,3,7H2,1H3;2-4H,5,10H2,1H3;;/q;;;+1;-1. The molecule has 60 heavy (non-hydrogen) atoms. The molecule has 8 rings (SSSR count). The van der Waals surface area contributed by atoms with Crippen LogP contribution in [-0.4, -0.2) is 58.9 Å². The summed E-state index contributed by atoms with van der Waals surface area (Å²) in [7, 11) is 3.16. The van der Waals surface area contributed by atoms with E-state index in [9.17, 15) is 9.59 Å². The summed E-state index contributed by atoms with van der Waals surface area (Å²) in [6.45, 7) is 21.5. The fourth-order valence-electron chi connectivity index (χ4n) is 6.74. The van der Waals surface area contributed by atoms with E-state index in [0.717, 1.165) is 38.9 Å². The van der Waals surface area contributed by atoms with Crippen LogP contribution in [0.5, 0.6) is 11.5 Å². The van der Waals surface area contributed by atoms with Gasteiger partial charge in [0, 0.05) is 37.0 Å². The van der Waals surface area contributed by atoms with E-state index in [0.29, 0.717) is 99.4 Å². The van der Waals surface area contributed by atoms with Gasteiger partial charge in [-0.25, -0.2) is 9.69 Å². The van der Waals surface area contributed by atoms with Gasteiger partial charge < -0.3 is 31.8 Å². The minimum Gasteiger partial charge on any atom is -1.00 e. The SMILES string of the molecule is COc1ccc(CN)cc1Cl.[C-]#[N+]c1ccc2nc3c(c(Cl)c2c1)C(=O)N(CC)C3.[C-]#[N+]c1ccc2nc3c(c(NCc4ccc(OC)c(Cl)c4)c2c1)C(=O)N(CC)C3.[H-].[K+]. The van der Waals surface area contributed by atoms with Crippen molar-refractivity contribution in [1.29, 1.82) is 0 Å². The zero-order chi connectivity index (χ0) is 42.4. The Morgan fingerprint density at radius 1 is 0.733 bits per heavy atom. The molecule has 302 valence electrons. The molecule has 0 bridgehead atoms. The van der Waals surface area contributed by atoms with Gasteiger partial charge in [-0.1, -0.05) is 59.1 Å². The topological polar surface area (TPSA) is 132 Å². The number of nitrogens with two attached hydrogens (primary N) is 1. The quantitative estimate of drug-likeness (QED) is 0.120. The Morgan fingerprint density at radius 3 is 1.72 bits per heavy atom. The first-order valence-corrected chi connectivity index (χ1v) is 19.6. The van der Waals surface area contributed by atoms with Gasteiger partial charge in [-0.05, 0) is 73.5 Å². The molecule has 2 aliphatic heterocycles. The number of hydrogen-bond donors (Lipinski definition) is 2. The molecule has 4 aromatic carbocycles. The van der Waals surface area contributed by atoms with E-state index in [4.69, 9.17) is 63.2 Å². The van der Waals surface area contributed by atoms with Crippen LogP contribution in [0.15, 0.2) is 72.8 Å². The summed E-state index contributed by atoms with van der Waals surface area (Å²) in [6, 6.07) is 21.6. The smallest absolute Gasteiger partial charge is 1.00 e. The molecule has 0 saturated heterocycles. The molecule has 3 N–H and O–H groups in total. The molecule has 12 nitrogen and oxygen atoms in total. The van der Waals surface area contributed by atoms with Crippen molar-refractivity contribution < 1.29 is 71.9 Å². The zero-order valence-electron chi connectivity index (χ0n) is 34.7. The third-order valence-corrected chi connectivity index (χ3v) is 10.8. The number of nitrogens with one attached hydrogen (secondary N) is 1. The maximum absolute atomic E-state index is 12.9. The maximum Gasteiger partial charge on any atom is 1.00 e. The number of nitrogens with zero attached hydrogens (tertiary/aromatic N) is 6. The Morgan fingerprint density at radius 2 is 1.22 bits per heavy atom. The van der Waals surface area contributed by atoms with Crippen molar-refractivity contribution in [2.45, 2.75) is 40.0 Å². The average Bonchev–Trinajstić information content (AvgIpc) is 3.76. The number of methoxy groups -OCH3 is 2. The number of benzene rings is 4. The average molecular weight is 890 g/mol.